The average molecular weight is 463 g/mol. The summed E-state index contributed by atoms with van der Waals surface area (Å²) in [6.45, 7) is 5.61. The number of aryl methyl sites for hydroxylation is 1. The first-order valence-corrected chi connectivity index (χ1v) is 11.4. The van der Waals surface area contributed by atoms with E-state index >= 15 is 0 Å². The van der Waals surface area contributed by atoms with Crippen LogP contribution in [0.5, 0.6) is 11.5 Å². The van der Waals surface area contributed by atoms with Crippen LogP contribution in [0.25, 0.3) is 0 Å². The lowest BCUT2D eigenvalue weighted by molar-refractivity contribution is -0.143. The number of fused-ring (bicyclic) bond motifs is 5. The van der Waals surface area contributed by atoms with Gasteiger partial charge < -0.3 is 19.9 Å². The van der Waals surface area contributed by atoms with Crippen molar-refractivity contribution in [2.24, 2.45) is 11.8 Å². The van der Waals surface area contributed by atoms with Crippen LogP contribution in [-0.2, 0) is 26.5 Å². The van der Waals surface area contributed by atoms with Gasteiger partial charge in [-0.05, 0) is 49.6 Å². The van der Waals surface area contributed by atoms with Crippen molar-refractivity contribution < 1.29 is 29.0 Å². The van der Waals surface area contributed by atoms with Crippen molar-refractivity contribution in [3.05, 3.63) is 52.6 Å². The lowest BCUT2D eigenvalue weighted by atomic mass is 9.76. The Morgan fingerprint density at radius 1 is 1.12 bits per heavy atom. The number of hydrogen-bond donors (Lipinski definition) is 3. The highest BCUT2D eigenvalue weighted by Gasteiger charge is 2.71. The van der Waals surface area contributed by atoms with Crippen LogP contribution in [0.15, 0.2) is 30.3 Å². The summed E-state index contributed by atoms with van der Waals surface area (Å²) in [6.07, 6.45) is -0.947. The Bertz CT molecular complexity index is 1270. The maximum atomic E-state index is 13.8. The number of hydrogen-bond acceptors (Lipinski definition) is 7. The molecule has 4 heterocycles. The van der Waals surface area contributed by atoms with Crippen molar-refractivity contribution in [3.8, 4) is 11.5 Å². The maximum absolute atomic E-state index is 13.8. The van der Waals surface area contributed by atoms with Crippen LogP contribution in [0.2, 0.25) is 0 Å². The van der Waals surface area contributed by atoms with Gasteiger partial charge in [0.2, 0.25) is 24.5 Å². The third kappa shape index (κ3) is 2.59. The molecule has 4 aliphatic rings. The minimum absolute atomic E-state index is 0.0469. The summed E-state index contributed by atoms with van der Waals surface area (Å²) in [4.78, 5) is 42.1. The van der Waals surface area contributed by atoms with Crippen molar-refractivity contribution in [1.82, 2.24) is 10.2 Å². The van der Waals surface area contributed by atoms with E-state index in [-0.39, 0.29) is 19.2 Å². The van der Waals surface area contributed by atoms with Gasteiger partial charge in [-0.25, -0.2) is 0 Å². The predicted octanol–water partition coefficient (Wildman–Crippen LogP) is 1.33. The average Bonchev–Trinajstić information content (AvgIpc) is 3.53. The molecular formula is C25H25N3O6. The molecule has 9 heteroatoms. The summed E-state index contributed by atoms with van der Waals surface area (Å²) in [5.74, 6) is -1.84. The molecule has 3 amide bonds. The van der Waals surface area contributed by atoms with E-state index in [4.69, 9.17) is 9.47 Å². The first-order valence-electron chi connectivity index (χ1n) is 11.4. The molecule has 2 fully saturated rings. The number of aliphatic hydroxyl groups is 1. The van der Waals surface area contributed by atoms with Gasteiger partial charge in [-0.1, -0.05) is 18.2 Å². The number of imide groups is 1. The summed E-state index contributed by atoms with van der Waals surface area (Å²) >= 11 is 0. The summed E-state index contributed by atoms with van der Waals surface area (Å²) in [5, 5.41) is 16.7. The molecule has 0 aliphatic carbocycles. The molecule has 2 aromatic carbocycles. The molecule has 0 aromatic heterocycles. The number of anilines is 1. The Balaban J connectivity index is 1.43. The molecule has 176 valence electrons. The molecule has 2 saturated heterocycles. The SMILES string of the molecule is Cc1ccc2c(c1C)NC(=O)C21NC(C(C)O)[C@H]2C(=O)N(Cc3ccc4c(c3)OCO4)C(=O)[C@H]21. The first-order chi connectivity index (χ1) is 16.2. The number of rotatable bonds is 3. The van der Waals surface area contributed by atoms with E-state index in [1.165, 1.54) is 4.90 Å². The largest absolute Gasteiger partial charge is 0.454 e. The zero-order chi connectivity index (χ0) is 23.9. The fraction of sp³-hybridized carbons (Fsp3) is 0.400. The van der Waals surface area contributed by atoms with Crippen LogP contribution >= 0.6 is 0 Å². The van der Waals surface area contributed by atoms with Gasteiger partial charge in [0.1, 0.15) is 5.54 Å². The topological polar surface area (TPSA) is 117 Å². The minimum Gasteiger partial charge on any atom is -0.454 e. The molecule has 0 bridgehead atoms. The number of amides is 3. The lowest BCUT2D eigenvalue weighted by Crippen LogP contribution is -2.54. The molecule has 4 aliphatic heterocycles. The highest BCUT2D eigenvalue weighted by atomic mass is 16.7. The van der Waals surface area contributed by atoms with Crippen LogP contribution in [0.3, 0.4) is 0 Å². The van der Waals surface area contributed by atoms with E-state index in [2.05, 4.69) is 10.6 Å². The number of aliphatic hydroxyl groups excluding tert-OH is 1. The second kappa shape index (κ2) is 7.04. The Hall–Kier alpha value is -3.43. The van der Waals surface area contributed by atoms with Gasteiger partial charge in [0, 0.05) is 17.3 Å². The molecule has 6 rings (SSSR count). The molecule has 3 N–H and O–H groups in total. The van der Waals surface area contributed by atoms with Gasteiger partial charge in [0.25, 0.3) is 0 Å². The number of carbonyl (C=O) groups excluding carboxylic acids is 3. The molecule has 9 nitrogen and oxygen atoms in total. The predicted molar refractivity (Wildman–Crippen MR) is 120 cm³/mol. The smallest absolute Gasteiger partial charge is 0.250 e. The molecule has 5 atom stereocenters. The van der Waals surface area contributed by atoms with Crippen LogP contribution in [0.4, 0.5) is 5.69 Å². The number of likely N-dealkylation sites (tertiary alicyclic amines) is 1. The highest BCUT2D eigenvalue weighted by Crippen LogP contribution is 2.54. The van der Waals surface area contributed by atoms with Crippen molar-refractivity contribution in [2.75, 3.05) is 12.1 Å². The number of ether oxygens (including phenoxy) is 2. The zero-order valence-electron chi connectivity index (χ0n) is 19.0. The third-order valence-corrected chi connectivity index (χ3v) is 7.74. The van der Waals surface area contributed by atoms with Gasteiger partial charge in [0.05, 0.1) is 24.5 Å². The summed E-state index contributed by atoms with van der Waals surface area (Å²) in [5.41, 5.74) is 2.52. The highest BCUT2D eigenvalue weighted by molar-refractivity contribution is 6.15. The normalized spacial score (nSPS) is 29.6. The van der Waals surface area contributed by atoms with Gasteiger partial charge in [0.15, 0.2) is 11.5 Å². The van der Waals surface area contributed by atoms with Gasteiger partial charge >= 0.3 is 0 Å². The van der Waals surface area contributed by atoms with Crippen molar-refractivity contribution in [1.29, 1.82) is 0 Å². The zero-order valence-corrected chi connectivity index (χ0v) is 19.0. The Labute approximate surface area is 196 Å². The molecule has 2 aromatic rings. The van der Waals surface area contributed by atoms with Crippen LogP contribution in [0, 0.1) is 25.7 Å². The van der Waals surface area contributed by atoms with Crippen LogP contribution in [-0.4, -0.2) is 46.7 Å². The number of nitrogens with one attached hydrogen (secondary N) is 2. The van der Waals surface area contributed by atoms with Crippen LogP contribution in [0.1, 0.15) is 29.2 Å². The molecular weight excluding hydrogens is 438 g/mol. The number of benzene rings is 2. The molecule has 1 spiro atoms. The fourth-order valence-electron chi connectivity index (χ4n) is 5.90. The Kier molecular flexibility index (Phi) is 4.37. The van der Waals surface area contributed by atoms with E-state index in [9.17, 15) is 19.5 Å². The fourth-order valence-corrected chi connectivity index (χ4v) is 5.90. The Morgan fingerprint density at radius 2 is 1.88 bits per heavy atom. The maximum Gasteiger partial charge on any atom is 0.250 e. The molecule has 0 radical (unpaired) electrons. The minimum atomic E-state index is -1.42. The van der Waals surface area contributed by atoms with Gasteiger partial charge in [-0.2, -0.15) is 0 Å². The number of carbonyl (C=O) groups is 3. The van der Waals surface area contributed by atoms with Gasteiger partial charge in [-0.3, -0.25) is 24.6 Å². The first kappa shape index (κ1) is 21.1. The second-order valence-corrected chi connectivity index (χ2v) is 9.56. The summed E-state index contributed by atoms with van der Waals surface area (Å²) in [7, 11) is 0. The van der Waals surface area contributed by atoms with E-state index in [1.807, 2.05) is 26.0 Å². The van der Waals surface area contributed by atoms with E-state index < -0.39 is 41.3 Å². The monoisotopic (exact) mass is 463 g/mol. The quantitative estimate of drug-likeness (QED) is 0.588. The molecule has 0 saturated carbocycles. The van der Waals surface area contributed by atoms with Crippen LogP contribution < -0.4 is 20.1 Å². The van der Waals surface area contributed by atoms with Crippen molar-refractivity contribution in [2.45, 2.75) is 45.0 Å². The second-order valence-electron chi connectivity index (χ2n) is 9.56. The third-order valence-electron chi connectivity index (χ3n) is 7.74. The van der Waals surface area contributed by atoms with E-state index in [1.54, 1.807) is 25.1 Å². The van der Waals surface area contributed by atoms with E-state index in [0.717, 1.165) is 11.1 Å². The van der Waals surface area contributed by atoms with Crippen molar-refractivity contribution in [3.63, 3.8) is 0 Å². The molecule has 3 unspecified atom stereocenters. The lowest BCUT2D eigenvalue weighted by Gasteiger charge is -2.30. The van der Waals surface area contributed by atoms with E-state index in [0.29, 0.717) is 28.3 Å². The Morgan fingerprint density at radius 3 is 2.65 bits per heavy atom. The summed E-state index contributed by atoms with van der Waals surface area (Å²) in [6, 6.07) is 8.28. The standard InChI is InChI=1S/C25H25N3O6/c1-11-4-6-15-20(12(11)2)26-24(32)25(15)19-18(21(27-25)13(3)29)22(30)28(23(19)31)9-14-5-7-16-17(8-14)34-10-33-16/h4-8,13,18-19,21,27,29H,9-10H2,1-3H3,(H,26,32)/t13?,18-,19-,21?,25?/m0/s1. The van der Waals surface area contributed by atoms with Crippen molar-refractivity contribution >= 4 is 23.4 Å². The molecule has 34 heavy (non-hydrogen) atoms. The number of nitrogens with zero attached hydrogens (tertiary/aromatic N) is 1. The van der Waals surface area contributed by atoms with Gasteiger partial charge in [-0.15, -0.1) is 0 Å². The summed E-state index contributed by atoms with van der Waals surface area (Å²) < 4.78 is 10.8.